The Morgan fingerprint density at radius 2 is 0.618 bits per heavy atom. The Balaban J connectivity index is 0.768. The topological polar surface area (TPSA) is 154 Å². The smallest absolute Gasteiger partial charge is 0.308 e. The number of hydrogen-bond acceptors (Lipinski definition) is 12. The summed E-state index contributed by atoms with van der Waals surface area (Å²) in [5, 5.41) is 0. The van der Waals surface area contributed by atoms with Gasteiger partial charge in [-0.1, -0.05) is 156 Å². The van der Waals surface area contributed by atoms with Crippen LogP contribution in [0.5, 0.6) is 0 Å². The summed E-state index contributed by atoms with van der Waals surface area (Å²) in [6, 6.07) is 0. The highest BCUT2D eigenvalue weighted by Crippen LogP contribution is 2.42. The third-order valence-corrected chi connectivity index (χ3v) is 15.4. The van der Waals surface area contributed by atoms with Gasteiger partial charge in [0.1, 0.15) is 0 Å². The Morgan fingerprint density at radius 1 is 0.338 bits per heavy atom. The second-order valence-corrected chi connectivity index (χ2v) is 21.5. The second kappa shape index (κ2) is 31.6. The quantitative estimate of drug-likeness (QED) is 0.0247. The molecular formula is C56H96O12. The number of carbonyl (C=O) groups excluding carboxylic acids is 3. The zero-order valence-electron chi connectivity index (χ0n) is 43.1. The lowest BCUT2D eigenvalue weighted by atomic mass is 10.0. The van der Waals surface area contributed by atoms with E-state index < -0.39 is 18.2 Å². The van der Waals surface area contributed by atoms with E-state index in [1.54, 1.807) is 0 Å². The van der Waals surface area contributed by atoms with Crippen molar-refractivity contribution >= 4 is 17.9 Å². The van der Waals surface area contributed by atoms with Crippen LogP contribution in [0.3, 0.4) is 0 Å². The predicted octanol–water partition coefficient (Wildman–Crippen LogP) is 12.6. The first-order chi connectivity index (χ1) is 33.3. The van der Waals surface area contributed by atoms with Gasteiger partial charge >= 0.3 is 17.9 Å². The summed E-state index contributed by atoms with van der Waals surface area (Å²) in [6.45, 7) is 6.39. The Kier molecular flexibility index (Phi) is 25.8. The SMILES string of the molecule is CCCCCCCCC1OC1CCCCCCCC(=O)OCC(OC(=O)CCCCCCCC1OC1CC1OC1CCCCC)OC(=O)CCCCCCCC1OC1CC1OC1CC1OC1CC. The third kappa shape index (κ3) is 23.6. The van der Waals surface area contributed by atoms with Crippen LogP contribution >= 0.6 is 0 Å². The van der Waals surface area contributed by atoms with Gasteiger partial charge in [-0.15, -0.1) is 0 Å². The Hall–Kier alpha value is -1.83. The van der Waals surface area contributed by atoms with Crippen LogP contribution in [0.15, 0.2) is 0 Å². The molecule has 6 aliphatic rings. The lowest BCUT2D eigenvalue weighted by molar-refractivity contribution is -0.200. The standard InChI is InChI=1S/C56H96O12/c1-4-7-9-10-14-22-30-42-43(62-42)31-23-15-11-18-26-34-53(57)60-40-56(67-54(58)35-27-19-12-16-24-32-45-49(64-45)38-48-44(63-48)29-21-8-5-2)68-55(59)36-28-20-13-17-25-33-46-50(65-46)39-52-51(66-52)37-47-41(6-3)61-47/h41-52,56H,4-40H2,1-3H3. The molecule has 13 unspecified atom stereocenters. The van der Waals surface area contributed by atoms with Crippen molar-refractivity contribution in [2.24, 2.45) is 0 Å². The molecule has 6 fully saturated rings. The summed E-state index contributed by atoms with van der Waals surface area (Å²) in [5.74, 6) is -1.23. The van der Waals surface area contributed by atoms with Crippen molar-refractivity contribution in [3.8, 4) is 0 Å². The number of ether oxygens (including phenoxy) is 9. The Morgan fingerprint density at radius 3 is 1.03 bits per heavy atom. The molecule has 0 saturated carbocycles. The number of rotatable bonds is 46. The highest BCUT2D eigenvalue weighted by molar-refractivity contribution is 5.72. The minimum atomic E-state index is -1.23. The van der Waals surface area contributed by atoms with E-state index in [2.05, 4.69) is 20.8 Å². The number of esters is 3. The van der Waals surface area contributed by atoms with Crippen LogP contribution in [0.4, 0.5) is 0 Å². The number of hydrogen-bond donors (Lipinski definition) is 0. The maximum Gasteiger partial charge on any atom is 0.308 e. The fourth-order valence-electron chi connectivity index (χ4n) is 10.5. The molecule has 6 rings (SSSR count). The van der Waals surface area contributed by atoms with Crippen molar-refractivity contribution < 1.29 is 57.0 Å². The van der Waals surface area contributed by atoms with E-state index in [1.165, 1.54) is 70.6 Å². The van der Waals surface area contributed by atoms with Crippen molar-refractivity contribution in [1.29, 1.82) is 0 Å². The molecule has 12 nitrogen and oxygen atoms in total. The molecule has 0 amide bonds. The van der Waals surface area contributed by atoms with Gasteiger partial charge in [0.2, 0.25) is 0 Å². The molecule has 13 atom stereocenters. The van der Waals surface area contributed by atoms with Crippen LogP contribution in [-0.4, -0.2) is 104 Å². The zero-order valence-corrected chi connectivity index (χ0v) is 43.1. The normalized spacial score (nSPS) is 29.9. The van der Waals surface area contributed by atoms with Gasteiger partial charge in [-0.3, -0.25) is 14.4 Å². The van der Waals surface area contributed by atoms with Crippen LogP contribution in [-0.2, 0) is 57.0 Å². The predicted molar refractivity (Wildman–Crippen MR) is 262 cm³/mol. The molecule has 0 aromatic rings. The van der Waals surface area contributed by atoms with Crippen LogP contribution in [0, 0.1) is 0 Å². The van der Waals surface area contributed by atoms with Crippen molar-refractivity contribution in [2.45, 2.75) is 331 Å². The maximum atomic E-state index is 12.9. The third-order valence-electron chi connectivity index (χ3n) is 15.4. The van der Waals surface area contributed by atoms with Crippen molar-refractivity contribution in [2.75, 3.05) is 6.61 Å². The van der Waals surface area contributed by atoms with Gasteiger partial charge in [-0.05, 0) is 57.8 Å². The summed E-state index contributed by atoms with van der Waals surface area (Å²) >= 11 is 0. The van der Waals surface area contributed by atoms with Crippen molar-refractivity contribution in [3.05, 3.63) is 0 Å². The first kappa shape index (κ1) is 55.5. The second-order valence-electron chi connectivity index (χ2n) is 21.5. The average Bonchev–Trinajstić information content (AvgIpc) is 4.05. The van der Waals surface area contributed by atoms with Crippen LogP contribution in [0.25, 0.3) is 0 Å². The largest absolute Gasteiger partial charge is 0.458 e. The zero-order chi connectivity index (χ0) is 47.8. The van der Waals surface area contributed by atoms with Gasteiger partial charge in [-0.25, -0.2) is 0 Å². The Labute approximate surface area is 411 Å². The lowest BCUT2D eigenvalue weighted by Crippen LogP contribution is -2.30. The molecular weight excluding hydrogens is 865 g/mol. The van der Waals surface area contributed by atoms with Gasteiger partial charge in [-0.2, -0.15) is 0 Å². The summed E-state index contributed by atoms with van der Waals surface area (Å²) in [6.07, 6.45) is 40.8. The molecule has 6 heterocycles. The van der Waals surface area contributed by atoms with Crippen LogP contribution in [0.2, 0.25) is 0 Å². The molecule has 68 heavy (non-hydrogen) atoms. The van der Waals surface area contributed by atoms with Gasteiger partial charge in [0.05, 0.1) is 73.2 Å². The highest BCUT2D eigenvalue weighted by Gasteiger charge is 2.51. The molecule has 0 spiro atoms. The van der Waals surface area contributed by atoms with Gasteiger partial charge in [0.25, 0.3) is 6.29 Å². The summed E-state index contributed by atoms with van der Waals surface area (Å²) < 4.78 is 51.9. The maximum absolute atomic E-state index is 12.9. The molecule has 0 aliphatic carbocycles. The number of unbranched alkanes of at least 4 members (excludes halogenated alkanes) is 19. The monoisotopic (exact) mass is 961 g/mol. The molecule has 0 bridgehead atoms. The molecule has 0 N–H and O–H groups in total. The molecule has 0 radical (unpaired) electrons. The number of epoxide rings is 6. The van der Waals surface area contributed by atoms with Crippen LogP contribution in [0.1, 0.15) is 252 Å². The van der Waals surface area contributed by atoms with E-state index in [1.807, 2.05) is 0 Å². The van der Waals surface area contributed by atoms with E-state index >= 15 is 0 Å². The van der Waals surface area contributed by atoms with E-state index in [0.717, 1.165) is 128 Å². The molecule has 6 saturated heterocycles. The van der Waals surface area contributed by atoms with Gasteiger partial charge in [0, 0.05) is 38.5 Å². The first-order valence-corrected chi connectivity index (χ1v) is 28.8. The van der Waals surface area contributed by atoms with E-state index in [4.69, 9.17) is 42.6 Å². The van der Waals surface area contributed by atoms with E-state index in [9.17, 15) is 14.4 Å². The fraction of sp³-hybridized carbons (Fsp3) is 0.946. The average molecular weight is 961 g/mol. The molecule has 0 aromatic heterocycles. The minimum Gasteiger partial charge on any atom is -0.458 e. The number of carbonyl (C=O) groups is 3. The molecule has 392 valence electrons. The summed E-state index contributed by atoms with van der Waals surface area (Å²) in [5.41, 5.74) is 0. The van der Waals surface area contributed by atoms with Gasteiger partial charge in [0.15, 0.2) is 6.61 Å². The van der Waals surface area contributed by atoms with Gasteiger partial charge < -0.3 is 42.6 Å². The van der Waals surface area contributed by atoms with Crippen molar-refractivity contribution in [3.63, 3.8) is 0 Å². The minimum absolute atomic E-state index is 0.233. The lowest BCUT2D eigenvalue weighted by Gasteiger charge is -2.18. The highest BCUT2D eigenvalue weighted by atomic mass is 16.7. The molecule has 12 heteroatoms. The summed E-state index contributed by atoms with van der Waals surface area (Å²) in [7, 11) is 0. The first-order valence-electron chi connectivity index (χ1n) is 28.8. The molecule has 6 aliphatic heterocycles. The van der Waals surface area contributed by atoms with Crippen molar-refractivity contribution in [1.82, 2.24) is 0 Å². The van der Waals surface area contributed by atoms with Crippen LogP contribution < -0.4 is 0 Å². The van der Waals surface area contributed by atoms with E-state index in [0.29, 0.717) is 92.5 Å². The molecule has 0 aromatic carbocycles. The van der Waals surface area contributed by atoms with E-state index in [-0.39, 0.29) is 25.4 Å². The summed E-state index contributed by atoms with van der Waals surface area (Å²) in [4.78, 5) is 38.5. The fourth-order valence-corrected chi connectivity index (χ4v) is 10.5. The Bertz CT molecular complexity index is 1410.